The second-order valence-corrected chi connectivity index (χ2v) is 3.58. The first-order valence-corrected chi connectivity index (χ1v) is 5.05. The molecule has 0 heterocycles. The number of hydrogen-bond donors (Lipinski definition) is 3. The Morgan fingerprint density at radius 2 is 2.11 bits per heavy atom. The number of hydrogen-bond acceptors (Lipinski definition) is 5. The largest absolute Gasteiger partial charge is 0.343 e. The van der Waals surface area contributed by atoms with Gasteiger partial charge in [-0.25, -0.2) is 5.84 Å². The van der Waals surface area contributed by atoms with Gasteiger partial charge in [-0.15, -0.1) is 0 Å². The highest BCUT2D eigenvalue weighted by Gasteiger charge is 2.15. The summed E-state index contributed by atoms with van der Waals surface area (Å²) in [6.07, 6.45) is 0. The van der Waals surface area contributed by atoms with Gasteiger partial charge in [0.1, 0.15) is 0 Å². The fourth-order valence-electron chi connectivity index (χ4n) is 1.11. The van der Waals surface area contributed by atoms with Crippen molar-refractivity contribution in [2.75, 3.05) is 6.54 Å². The maximum Gasteiger partial charge on any atom is 0.270 e. The van der Waals surface area contributed by atoms with E-state index >= 15 is 0 Å². The van der Waals surface area contributed by atoms with Crippen molar-refractivity contribution in [1.29, 1.82) is 0 Å². The van der Waals surface area contributed by atoms with Gasteiger partial charge in [0.05, 0.1) is 22.1 Å². The van der Waals surface area contributed by atoms with Crippen LogP contribution in [0.2, 0.25) is 5.02 Å². The number of hydrazine groups is 1. The summed E-state index contributed by atoms with van der Waals surface area (Å²) in [7, 11) is 0. The van der Waals surface area contributed by atoms with Crippen molar-refractivity contribution in [1.82, 2.24) is 10.7 Å². The SMILES string of the molecule is NNC(=O)CNC(=O)c1ccc([N+](=O)[O-])cc1Cl. The number of nitro groups is 1. The molecule has 0 aliphatic heterocycles. The van der Waals surface area contributed by atoms with Gasteiger partial charge in [0, 0.05) is 12.1 Å². The lowest BCUT2D eigenvalue weighted by Gasteiger charge is -2.05. The van der Waals surface area contributed by atoms with Crippen molar-refractivity contribution in [3.63, 3.8) is 0 Å². The zero-order valence-electron chi connectivity index (χ0n) is 8.97. The van der Waals surface area contributed by atoms with E-state index in [1.165, 1.54) is 6.07 Å². The van der Waals surface area contributed by atoms with Gasteiger partial charge in [0.15, 0.2) is 0 Å². The van der Waals surface area contributed by atoms with Crippen LogP contribution < -0.4 is 16.6 Å². The molecule has 0 aliphatic rings. The van der Waals surface area contributed by atoms with Crippen LogP contribution in [0.1, 0.15) is 10.4 Å². The average Bonchev–Trinajstić information content (AvgIpc) is 2.35. The fraction of sp³-hybridized carbons (Fsp3) is 0.111. The molecule has 18 heavy (non-hydrogen) atoms. The molecule has 0 radical (unpaired) electrons. The van der Waals surface area contributed by atoms with E-state index < -0.39 is 16.7 Å². The van der Waals surface area contributed by atoms with Crippen molar-refractivity contribution < 1.29 is 14.5 Å². The monoisotopic (exact) mass is 272 g/mol. The molecule has 0 fully saturated rings. The topological polar surface area (TPSA) is 127 Å². The Labute approximate surface area is 106 Å². The summed E-state index contributed by atoms with van der Waals surface area (Å²) >= 11 is 5.73. The highest BCUT2D eigenvalue weighted by Crippen LogP contribution is 2.22. The molecule has 9 heteroatoms. The highest BCUT2D eigenvalue weighted by molar-refractivity contribution is 6.34. The number of amides is 2. The summed E-state index contributed by atoms with van der Waals surface area (Å²) < 4.78 is 0. The average molecular weight is 273 g/mol. The maximum absolute atomic E-state index is 11.6. The first-order chi connectivity index (χ1) is 8.45. The summed E-state index contributed by atoms with van der Waals surface area (Å²) in [5.41, 5.74) is 1.64. The van der Waals surface area contributed by atoms with E-state index in [0.29, 0.717) is 0 Å². The van der Waals surface area contributed by atoms with Crippen molar-refractivity contribution in [2.24, 2.45) is 5.84 Å². The highest BCUT2D eigenvalue weighted by atomic mass is 35.5. The van der Waals surface area contributed by atoms with Crippen LogP contribution >= 0.6 is 11.6 Å². The van der Waals surface area contributed by atoms with E-state index in [-0.39, 0.29) is 22.8 Å². The number of nitrogens with two attached hydrogens (primary N) is 1. The van der Waals surface area contributed by atoms with Crippen LogP contribution in [0.3, 0.4) is 0 Å². The molecule has 4 N–H and O–H groups in total. The summed E-state index contributed by atoms with van der Waals surface area (Å²) in [6, 6.07) is 3.40. The molecule has 0 saturated carbocycles. The minimum atomic E-state index is -0.630. The van der Waals surface area contributed by atoms with Gasteiger partial charge in [-0.1, -0.05) is 11.6 Å². The number of halogens is 1. The Bertz CT molecular complexity index is 505. The maximum atomic E-state index is 11.6. The second-order valence-electron chi connectivity index (χ2n) is 3.17. The molecule has 1 aromatic rings. The lowest BCUT2D eigenvalue weighted by Crippen LogP contribution is -2.40. The van der Waals surface area contributed by atoms with Crippen molar-refractivity contribution in [2.45, 2.75) is 0 Å². The number of non-ortho nitro benzene ring substituents is 1. The van der Waals surface area contributed by atoms with E-state index in [1.807, 2.05) is 5.43 Å². The Hall–Kier alpha value is -2.19. The van der Waals surface area contributed by atoms with Crippen LogP contribution in [0.5, 0.6) is 0 Å². The number of carbonyl (C=O) groups is 2. The summed E-state index contributed by atoms with van der Waals surface area (Å²) in [5.74, 6) is 3.62. The van der Waals surface area contributed by atoms with Crippen LogP contribution in [0.15, 0.2) is 18.2 Å². The number of benzene rings is 1. The predicted molar refractivity (Wildman–Crippen MR) is 62.8 cm³/mol. The lowest BCUT2D eigenvalue weighted by molar-refractivity contribution is -0.384. The number of rotatable bonds is 4. The van der Waals surface area contributed by atoms with Gasteiger partial charge in [0.2, 0.25) is 0 Å². The molecule has 1 rings (SSSR count). The molecule has 1 aromatic carbocycles. The fourth-order valence-corrected chi connectivity index (χ4v) is 1.37. The Balaban J connectivity index is 2.81. The minimum absolute atomic E-state index is 0.0343. The first-order valence-electron chi connectivity index (χ1n) is 4.67. The third-order valence-corrected chi connectivity index (χ3v) is 2.29. The quantitative estimate of drug-likeness (QED) is 0.307. The molecular formula is C9H9ClN4O4. The van der Waals surface area contributed by atoms with Gasteiger partial charge in [0.25, 0.3) is 17.5 Å². The second kappa shape index (κ2) is 5.94. The summed E-state index contributed by atoms with van der Waals surface area (Å²) in [5, 5.41) is 12.6. The molecule has 96 valence electrons. The van der Waals surface area contributed by atoms with Gasteiger partial charge < -0.3 is 5.32 Å². The van der Waals surface area contributed by atoms with Crippen LogP contribution in [0.25, 0.3) is 0 Å². The van der Waals surface area contributed by atoms with Crippen LogP contribution in [-0.4, -0.2) is 23.3 Å². The van der Waals surface area contributed by atoms with E-state index in [2.05, 4.69) is 5.32 Å². The van der Waals surface area contributed by atoms with Crippen molar-refractivity contribution in [3.8, 4) is 0 Å². The normalized spacial score (nSPS) is 9.67. The molecule has 0 unspecified atom stereocenters. The predicted octanol–water partition coefficient (Wildman–Crippen LogP) is -0.0321. The van der Waals surface area contributed by atoms with Crippen LogP contribution in [-0.2, 0) is 4.79 Å². The lowest BCUT2D eigenvalue weighted by atomic mass is 10.2. The van der Waals surface area contributed by atoms with E-state index in [9.17, 15) is 19.7 Å². The standard InChI is InChI=1S/C9H9ClN4O4/c10-7-3-5(14(17)18)1-2-6(7)9(16)12-4-8(15)13-11/h1-3H,4,11H2,(H,12,16)(H,13,15). The molecule has 8 nitrogen and oxygen atoms in total. The van der Waals surface area contributed by atoms with Crippen molar-refractivity contribution >= 4 is 29.1 Å². The molecule has 0 aliphatic carbocycles. The zero-order valence-corrected chi connectivity index (χ0v) is 9.73. The third kappa shape index (κ3) is 3.40. The number of nitrogens with zero attached hydrogens (tertiary/aromatic N) is 1. The number of carbonyl (C=O) groups excluding carboxylic acids is 2. The van der Waals surface area contributed by atoms with Crippen molar-refractivity contribution in [3.05, 3.63) is 38.9 Å². The third-order valence-electron chi connectivity index (χ3n) is 1.98. The number of nitrogens with one attached hydrogen (secondary N) is 2. The smallest absolute Gasteiger partial charge is 0.270 e. The van der Waals surface area contributed by atoms with Gasteiger partial charge >= 0.3 is 0 Å². The number of nitro benzene ring substituents is 1. The molecule has 2 amide bonds. The zero-order chi connectivity index (χ0) is 13.7. The first kappa shape index (κ1) is 13.9. The Morgan fingerprint density at radius 1 is 1.44 bits per heavy atom. The molecule has 0 saturated heterocycles. The molecule has 0 bridgehead atoms. The Kier molecular flexibility index (Phi) is 4.58. The van der Waals surface area contributed by atoms with Crippen LogP contribution in [0, 0.1) is 10.1 Å². The van der Waals surface area contributed by atoms with Gasteiger partial charge in [-0.2, -0.15) is 0 Å². The van der Waals surface area contributed by atoms with E-state index in [4.69, 9.17) is 17.4 Å². The van der Waals surface area contributed by atoms with Gasteiger partial charge in [-0.3, -0.25) is 25.1 Å². The molecule has 0 aromatic heterocycles. The molecule has 0 spiro atoms. The van der Waals surface area contributed by atoms with E-state index in [0.717, 1.165) is 12.1 Å². The van der Waals surface area contributed by atoms with Gasteiger partial charge in [-0.05, 0) is 6.07 Å². The molecule has 0 atom stereocenters. The molecular weight excluding hydrogens is 264 g/mol. The Morgan fingerprint density at radius 3 is 2.61 bits per heavy atom. The van der Waals surface area contributed by atoms with E-state index in [1.54, 1.807) is 0 Å². The summed E-state index contributed by atoms with van der Waals surface area (Å²) in [4.78, 5) is 32.2. The van der Waals surface area contributed by atoms with Crippen LogP contribution in [0.4, 0.5) is 5.69 Å². The summed E-state index contributed by atoms with van der Waals surface area (Å²) in [6.45, 7) is -0.317. The minimum Gasteiger partial charge on any atom is -0.343 e.